The summed E-state index contributed by atoms with van der Waals surface area (Å²) in [6.45, 7) is 4.61. The van der Waals surface area contributed by atoms with E-state index in [9.17, 15) is 22.8 Å². The van der Waals surface area contributed by atoms with Crippen LogP contribution in [0.3, 0.4) is 0 Å². The van der Waals surface area contributed by atoms with E-state index < -0.39 is 21.8 Å². The highest BCUT2D eigenvalue weighted by Gasteiger charge is 2.42. The summed E-state index contributed by atoms with van der Waals surface area (Å²) in [6.07, 6.45) is 1.11. The predicted octanol–water partition coefficient (Wildman–Crippen LogP) is 1.41. The number of esters is 1. The first-order valence-electron chi connectivity index (χ1n) is 9.37. The maximum atomic E-state index is 12.7. The van der Waals surface area contributed by atoms with Crippen molar-refractivity contribution in [1.82, 2.24) is 4.90 Å². The lowest BCUT2D eigenvalue weighted by Gasteiger charge is -2.31. The number of nitrogens with zero attached hydrogens (tertiary/aromatic N) is 2. The number of sulfonamides is 1. The topological polar surface area (TPSA) is 101 Å². The third kappa shape index (κ3) is 3.89. The molecule has 152 valence electrons. The Kier molecular flexibility index (Phi) is 5.74. The van der Waals surface area contributed by atoms with Gasteiger partial charge in [0.2, 0.25) is 15.9 Å². The summed E-state index contributed by atoms with van der Waals surface area (Å²) < 4.78 is 30.2. The predicted molar refractivity (Wildman–Crippen MR) is 102 cm³/mol. The second-order valence-corrected chi connectivity index (χ2v) is 9.01. The zero-order valence-corrected chi connectivity index (χ0v) is 16.8. The minimum Gasteiger partial charge on any atom is -0.466 e. The van der Waals surface area contributed by atoms with Gasteiger partial charge in [-0.3, -0.25) is 14.4 Å². The van der Waals surface area contributed by atoms with Crippen LogP contribution < -0.4 is 4.31 Å². The molecule has 28 heavy (non-hydrogen) atoms. The van der Waals surface area contributed by atoms with Crippen molar-refractivity contribution in [3.8, 4) is 0 Å². The van der Waals surface area contributed by atoms with Gasteiger partial charge in [0.15, 0.2) is 0 Å². The van der Waals surface area contributed by atoms with E-state index in [2.05, 4.69) is 0 Å². The highest BCUT2D eigenvalue weighted by molar-refractivity contribution is 7.94. The van der Waals surface area contributed by atoms with Crippen LogP contribution in [0.4, 0.5) is 5.69 Å². The molecule has 0 saturated carbocycles. The number of benzene rings is 1. The van der Waals surface area contributed by atoms with Crippen molar-refractivity contribution in [2.75, 3.05) is 29.8 Å². The Labute approximate surface area is 164 Å². The standard InChI is InChI=1S/C19H24N2O6S/c1-3-27-19(24)15-8-10-20(11-9-15)18(23)14-4-6-16(7-5-14)21-17(22)13(2)12-28(21,25)26/h4-7,13,15H,3,8-12H2,1-2H3. The summed E-state index contributed by atoms with van der Waals surface area (Å²) in [4.78, 5) is 38.3. The van der Waals surface area contributed by atoms with Gasteiger partial charge >= 0.3 is 5.97 Å². The molecule has 2 saturated heterocycles. The number of hydrogen-bond donors (Lipinski definition) is 0. The fourth-order valence-electron chi connectivity index (χ4n) is 3.59. The monoisotopic (exact) mass is 408 g/mol. The van der Waals surface area contributed by atoms with E-state index in [-0.39, 0.29) is 29.2 Å². The van der Waals surface area contributed by atoms with Gasteiger partial charge in [0.05, 0.1) is 29.9 Å². The molecular formula is C19H24N2O6S. The summed E-state index contributed by atoms with van der Waals surface area (Å²) in [7, 11) is -3.67. The van der Waals surface area contributed by atoms with E-state index in [4.69, 9.17) is 4.74 Å². The zero-order valence-electron chi connectivity index (χ0n) is 16.0. The number of carbonyl (C=O) groups excluding carboxylic acids is 3. The van der Waals surface area contributed by atoms with Gasteiger partial charge in [-0.05, 0) is 44.0 Å². The Bertz CT molecular complexity index is 872. The number of hydrogen-bond acceptors (Lipinski definition) is 6. The molecule has 2 aliphatic heterocycles. The lowest BCUT2D eigenvalue weighted by atomic mass is 9.96. The van der Waals surface area contributed by atoms with Crippen LogP contribution in [0.5, 0.6) is 0 Å². The summed E-state index contributed by atoms with van der Waals surface area (Å²) >= 11 is 0. The van der Waals surface area contributed by atoms with E-state index in [0.717, 1.165) is 4.31 Å². The Morgan fingerprint density at radius 2 is 1.75 bits per heavy atom. The quantitative estimate of drug-likeness (QED) is 0.699. The number of amides is 2. The van der Waals surface area contributed by atoms with Crippen molar-refractivity contribution in [1.29, 1.82) is 0 Å². The van der Waals surface area contributed by atoms with Gasteiger partial charge in [-0.25, -0.2) is 12.7 Å². The summed E-state index contributed by atoms with van der Waals surface area (Å²) in [5.74, 6) is -1.82. The maximum Gasteiger partial charge on any atom is 0.309 e. The van der Waals surface area contributed by atoms with Crippen LogP contribution in [0.25, 0.3) is 0 Å². The van der Waals surface area contributed by atoms with Crippen LogP contribution in [0.2, 0.25) is 0 Å². The average Bonchev–Trinajstić information content (AvgIpc) is 2.88. The average molecular weight is 408 g/mol. The SMILES string of the molecule is CCOC(=O)C1CCN(C(=O)c2ccc(N3C(=O)C(C)CS3(=O)=O)cc2)CC1. The maximum absolute atomic E-state index is 12.7. The lowest BCUT2D eigenvalue weighted by Crippen LogP contribution is -2.40. The van der Waals surface area contributed by atoms with E-state index in [1.54, 1.807) is 18.7 Å². The molecule has 1 aromatic carbocycles. The molecule has 9 heteroatoms. The van der Waals surface area contributed by atoms with Gasteiger partial charge in [-0.2, -0.15) is 0 Å². The second-order valence-electron chi connectivity index (χ2n) is 7.15. The highest BCUT2D eigenvalue weighted by atomic mass is 32.2. The van der Waals surface area contributed by atoms with E-state index in [1.807, 2.05) is 0 Å². The van der Waals surface area contributed by atoms with Crippen molar-refractivity contribution in [2.24, 2.45) is 11.8 Å². The molecule has 0 aliphatic carbocycles. The van der Waals surface area contributed by atoms with Crippen LogP contribution in [0, 0.1) is 11.8 Å². The van der Waals surface area contributed by atoms with Crippen LogP contribution in [0.15, 0.2) is 24.3 Å². The molecule has 2 amide bonds. The smallest absolute Gasteiger partial charge is 0.309 e. The molecule has 2 heterocycles. The van der Waals surface area contributed by atoms with E-state index in [1.165, 1.54) is 24.3 Å². The molecular weight excluding hydrogens is 384 g/mol. The normalized spacial score (nSPS) is 22.4. The van der Waals surface area contributed by atoms with E-state index in [0.29, 0.717) is 38.1 Å². The van der Waals surface area contributed by atoms with E-state index >= 15 is 0 Å². The summed E-state index contributed by atoms with van der Waals surface area (Å²) in [6, 6.07) is 6.01. The zero-order chi connectivity index (χ0) is 20.5. The molecule has 0 spiro atoms. The number of piperidine rings is 1. The molecule has 1 unspecified atom stereocenters. The highest BCUT2D eigenvalue weighted by Crippen LogP contribution is 2.29. The fourth-order valence-corrected chi connectivity index (χ4v) is 5.41. The van der Waals surface area contributed by atoms with Crippen LogP contribution >= 0.6 is 0 Å². The number of likely N-dealkylation sites (tertiary alicyclic amines) is 1. The third-order valence-electron chi connectivity index (χ3n) is 5.11. The molecule has 3 rings (SSSR count). The van der Waals surface area contributed by atoms with Crippen molar-refractivity contribution in [3.63, 3.8) is 0 Å². The molecule has 0 bridgehead atoms. The molecule has 2 aliphatic rings. The first kappa shape index (κ1) is 20.3. The first-order chi connectivity index (χ1) is 13.2. The molecule has 0 N–H and O–H groups in total. The van der Waals surface area contributed by atoms with Crippen LogP contribution in [0.1, 0.15) is 37.0 Å². The van der Waals surface area contributed by atoms with Crippen molar-refractivity contribution >= 4 is 33.5 Å². The first-order valence-corrected chi connectivity index (χ1v) is 11.0. The number of rotatable bonds is 4. The number of anilines is 1. The van der Waals surface area contributed by atoms with Crippen molar-refractivity contribution < 1.29 is 27.5 Å². The minimum absolute atomic E-state index is 0.181. The largest absolute Gasteiger partial charge is 0.466 e. The van der Waals surface area contributed by atoms with Gasteiger partial charge < -0.3 is 9.64 Å². The van der Waals surface area contributed by atoms with Gasteiger partial charge in [-0.15, -0.1) is 0 Å². The molecule has 0 radical (unpaired) electrons. The molecule has 1 aromatic rings. The Hall–Kier alpha value is -2.42. The molecule has 8 nitrogen and oxygen atoms in total. The van der Waals surface area contributed by atoms with Crippen molar-refractivity contribution in [3.05, 3.63) is 29.8 Å². The minimum atomic E-state index is -3.67. The molecule has 0 aromatic heterocycles. The van der Waals surface area contributed by atoms with Crippen LogP contribution in [-0.2, 0) is 24.3 Å². The fraction of sp³-hybridized carbons (Fsp3) is 0.526. The summed E-state index contributed by atoms with van der Waals surface area (Å²) in [5.41, 5.74) is 0.655. The van der Waals surface area contributed by atoms with Gasteiger partial charge in [0.25, 0.3) is 5.91 Å². The Morgan fingerprint density at radius 3 is 2.25 bits per heavy atom. The van der Waals surface area contributed by atoms with Crippen LogP contribution in [-0.4, -0.2) is 56.6 Å². The van der Waals surface area contributed by atoms with Gasteiger partial charge in [0, 0.05) is 18.7 Å². The van der Waals surface area contributed by atoms with Gasteiger partial charge in [-0.1, -0.05) is 6.92 Å². The number of ether oxygens (including phenoxy) is 1. The summed E-state index contributed by atoms with van der Waals surface area (Å²) in [5, 5.41) is 0. The third-order valence-corrected chi connectivity index (χ3v) is 6.98. The molecule has 1 atom stereocenters. The number of carbonyl (C=O) groups is 3. The lowest BCUT2D eigenvalue weighted by molar-refractivity contribution is -0.149. The van der Waals surface area contributed by atoms with Crippen molar-refractivity contribution in [2.45, 2.75) is 26.7 Å². The Morgan fingerprint density at radius 1 is 1.14 bits per heavy atom. The molecule has 2 fully saturated rings. The second kappa shape index (κ2) is 7.90. The Balaban J connectivity index is 1.67. The van der Waals surface area contributed by atoms with Gasteiger partial charge in [0.1, 0.15) is 0 Å².